The summed E-state index contributed by atoms with van der Waals surface area (Å²) in [7, 11) is -7.60. The van der Waals surface area contributed by atoms with Crippen molar-refractivity contribution in [3.05, 3.63) is 27.2 Å². The summed E-state index contributed by atoms with van der Waals surface area (Å²) in [6.07, 6.45) is 0.851. The van der Waals surface area contributed by atoms with Crippen LogP contribution >= 0.6 is 27.5 Å². The highest BCUT2D eigenvalue weighted by atomic mass is 79.9. The Hall–Kier alpha value is -0.310. The van der Waals surface area contributed by atoms with Crippen LogP contribution in [-0.2, 0) is 19.9 Å². The molecule has 18 heavy (non-hydrogen) atoms. The quantitative estimate of drug-likeness (QED) is 0.873. The van der Waals surface area contributed by atoms with Gasteiger partial charge in [-0.1, -0.05) is 11.6 Å². The van der Waals surface area contributed by atoms with Gasteiger partial charge in [0.1, 0.15) is 0 Å². The van der Waals surface area contributed by atoms with Crippen molar-refractivity contribution in [3.8, 4) is 0 Å². The molecule has 0 unspecified atom stereocenters. The molecule has 0 radical (unpaired) electrons. The first-order valence-electron chi connectivity index (χ1n) is 4.64. The number of anilines is 1. The number of sulfonamides is 1. The van der Waals surface area contributed by atoms with Gasteiger partial charge in [-0.2, -0.15) is 0 Å². The van der Waals surface area contributed by atoms with Gasteiger partial charge in [0.25, 0.3) is 0 Å². The Bertz CT molecular complexity index is 670. The fraction of sp³-hybridized carbons (Fsp3) is 0.333. The molecule has 1 rings (SSSR count). The van der Waals surface area contributed by atoms with Crippen molar-refractivity contribution in [1.29, 1.82) is 0 Å². The number of aryl methyl sites for hydroxylation is 1. The molecule has 1 aromatic rings. The van der Waals surface area contributed by atoms with Gasteiger partial charge in [0.15, 0.2) is 14.9 Å². The molecular formula is C9H11BrClNO4S2. The largest absolute Gasteiger partial charge is 0.282 e. The van der Waals surface area contributed by atoms with Gasteiger partial charge in [-0.25, -0.2) is 16.8 Å². The average Bonchev–Trinajstić information content (AvgIpc) is 2.09. The maximum Gasteiger partial charge on any atom is 0.247 e. The van der Waals surface area contributed by atoms with Crippen LogP contribution in [0.5, 0.6) is 0 Å². The van der Waals surface area contributed by atoms with E-state index in [1.54, 1.807) is 13.0 Å². The second-order valence-corrected chi connectivity index (χ2v) is 9.33. The van der Waals surface area contributed by atoms with Crippen LogP contribution in [0.2, 0.25) is 5.02 Å². The maximum absolute atomic E-state index is 11.6. The summed E-state index contributed by atoms with van der Waals surface area (Å²) in [4.78, 5) is 0. The van der Waals surface area contributed by atoms with E-state index in [0.29, 0.717) is 9.50 Å². The monoisotopic (exact) mass is 375 g/mol. The van der Waals surface area contributed by atoms with Gasteiger partial charge in [0.05, 0.1) is 5.69 Å². The second-order valence-electron chi connectivity index (χ2n) is 3.84. The summed E-state index contributed by atoms with van der Waals surface area (Å²) in [6, 6.07) is 3.06. The minimum atomic E-state index is -3.97. The predicted molar refractivity (Wildman–Crippen MR) is 76.1 cm³/mol. The van der Waals surface area contributed by atoms with E-state index < -0.39 is 24.9 Å². The van der Waals surface area contributed by atoms with Gasteiger partial charge in [-0.3, -0.25) is 4.72 Å². The molecular weight excluding hydrogens is 366 g/mol. The van der Waals surface area contributed by atoms with Gasteiger partial charge in [0, 0.05) is 15.8 Å². The average molecular weight is 377 g/mol. The van der Waals surface area contributed by atoms with E-state index in [9.17, 15) is 16.8 Å². The minimum Gasteiger partial charge on any atom is -0.282 e. The van der Waals surface area contributed by atoms with E-state index in [0.717, 1.165) is 11.8 Å². The third-order valence-electron chi connectivity index (χ3n) is 1.88. The Labute approximate surface area is 120 Å². The number of rotatable bonds is 4. The molecule has 102 valence electrons. The lowest BCUT2D eigenvalue weighted by molar-refractivity contribution is 0.595. The summed E-state index contributed by atoms with van der Waals surface area (Å²) in [5, 5.41) is -0.590. The number of hydrogen-bond acceptors (Lipinski definition) is 4. The molecule has 0 heterocycles. The Balaban J connectivity index is 3.09. The van der Waals surface area contributed by atoms with E-state index >= 15 is 0 Å². The number of halogens is 2. The molecule has 1 aromatic carbocycles. The van der Waals surface area contributed by atoms with Crippen LogP contribution in [0.15, 0.2) is 16.6 Å². The van der Waals surface area contributed by atoms with Crippen molar-refractivity contribution < 1.29 is 16.8 Å². The minimum absolute atomic E-state index is 0.203. The first-order chi connectivity index (χ1) is 8.00. The zero-order valence-corrected chi connectivity index (χ0v) is 13.5. The fourth-order valence-electron chi connectivity index (χ4n) is 1.20. The summed E-state index contributed by atoms with van der Waals surface area (Å²) in [6.45, 7) is 1.77. The molecule has 0 spiro atoms. The molecule has 0 saturated carbocycles. The summed E-state index contributed by atoms with van der Waals surface area (Å²) >= 11 is 9.05. The lowest BCUT2D eigenvalue weighted by Gasteiger charge is -2.10. The van der Waals surface area contributed by atoms with Gasteiger partial charge in [-0.15, -0.1) is 0 Å². The van der Waals surface area contributed by atoms with Gasteiger partial charge >= 0.3 is 0 Å². The number of hydrogen-bond donors (Lipinski definition) is 1. The van der Waals surface area contributed by atoms with E-state index in [2.05, 4.69) is 20.7 Å². The van der Waals surface area contributed by atoms with E-state index in [-0.39, 0.29) is 5.69 Å². The standard InChI is InChI=1S/C9H11BrClNO4S2/c1-6-3-7(10)9(4-8(6)11)12-18(15,16)5-17(2,13)14/h3-4,12H,5H2,1-2H3. The molecule has 0 fully saturated rings. The van der Waals surface area contributed by atoms with Crippen LogP contribution in [0.25, 0.3) is 0 Å². The Morgan fingerprint density at radius 2 is 1.83 bits per heavy atom. The number of benzene rings is 1. The molecule has 0 aliphatic carbocycles. The predicted octanol–water partition coefficient (Wildman–Crippen LogP) is 2.15. The molecule has 1 N–H and O–H groups in total. The maximum atomic E-state index is 11.6. The summed E-state index contributed by atoms with van der Waals surface area (Å²) in [5.74, 6) is 0. The van der Waals surface area contributed by atoms with Crippen molar-refractivity contribution in [2.45, 2.75) is 6.92 Å². The highest BCUT2D eigenvalue weighted by Crippen LogP contribution is 2.29. The molecule has 0 bridgehead atoms. The Morgan fingerprint density at radius 1 is 1.28 bits per heavy atom. The Kier molecular flexibility index (Phi) is 4.69. The molecule has 9 heteroatoms. The van der Waals surface area contributed by atoms with E-state index in [1.165, 1.54) is 6.07 Å². The van der Waals surface area contributed by atoms with E-state index in [1.807, 2.05) is 0 Å². The Morgan fingerprint density at radius 3 is 2.33 bits per heavy atom. The fourth-order valence-corrected chi connectivity index (χ4v) is 5.05. The molecule has 0 amide bonds. The molecule has 0 saturated heterocycles. The second kappa shape index (κ2) is 5.36. The van der Waals surface area contributed by atoms with Crippen LogP contribution in [0, 0.1) is 6.92 Å². The third-order valence-corrected chi connectivity index (χ3v) is 6.43. The summed E-state index contributed by atoms with van der Waals surface area (Å²) in [5.41, 5.74) is 0.976. The van der Waals surface area contributed by atoms with Gasteiger partial charge in [0.2, 0.25) is 10.0 Å². The van der Waals surface area contributed by atoms with Crippen LogP contribution in [0.3, 0.4) is 0 Å². The van der Waals surface area contributed by atoms with Gasteiger partial charge < -0.3 is 0 Å². The van der Waals surface area contributed by atoms with E-state index in [4.69, 9.17) is 11.6 Å². The zero-order valence-electron chi connectivity index (χ0n) is 9.57. The topological polar surface area (TPSA) is 80.3 Å². The third kappa shape index (κ3) is 4.75. The highest BCUT2D eigenvalue weighted by molar-refractivity contribution is 9.10. The normalized spacial score (nSPS) is 12.4. The SMILES string of the molecule is Cc1cc(Br)c(NS(=O)(=O)CS(C)(=O)=O)cc1Cl. The summed E-state index contributed by atoms with van der Waals surface area (Å²) < 4.78 is 47.9. The first-order valence-corrected chi connectivity index (χ1v) is 9.52. The van der Waals surface area contributed by atoms with Crippen molar-refractivity contribution >= 4 is 53.1 Å². The van der Waals surface area contributed by atoms with Crippen LogP contribution < -0.4 is 4.72 Å². The van der Waals surface area contributed by atoms with Crippen molar-refractivity contribution in [3.63, 3.8) is 0 Å². The molecule has 5 nitrogen and oxygen atoms in total. The van der Waals surface area contributed by atoms with Crippen LogP contribution in [-0.4, -0.2) is 28.2 Å². The van der Waals surface area contributed by atoms with Crippen LogP contribution in [0.1, 0.15) is 5.56 Å². The molecule has 0 aliphatic rings. The van der Waals surface area contributed by atoms with Crippen LogP contribution in [0.4, 0.5) is 5.69 Å². The lowest BCUT2D eigenvalue weighted by atomic mass is 10.2. The van der Waals surface area contributed by atoms with Crippen molar-refractivity contribution in [1.82, 2.24) is 0 Å². The van der Waals surface area contributed by atoms with Gasteiger partial charge in [-0.05, 0) is 40.5 Å². The molecule has 0 aromatic heterocycles. The zero-order chi connectivity index (χ0) is 14.1. The van der Waals surface area contributed by atoms with Crippen molar-refractivity contribution in [2.75, 3.05) is 16.1 Å². The first kappa shape index (κ1) is 15.7. The van der Waals surface area contributed by atoms with Crippen molar-refractivity contribution in [2.24, 2.45) is 0 Å². The smallest absolute Gasteiger partial charge is 0.247 e. The number of nitrogens with one attached hydrogen (secondary N) is 1. The highest BCUT2D eigenvalue weighted by Gasteiger charge is 2.19. The molecule has 0 atom stereocenters. The lowest BCUT2D eigenvalue weighted by Crippen LogP contribution is -2.22. The molecule has 0 aliphatic heterocycles. The number of sulfone groups is 1.